The van der Waals surface area contributed by atoms with E-state index in [1.165, 1.54) is 0 Å². The molecule has 0 radical (unpaired) electrons. The monoisotopic (exact) mass is 311 g/mol. The van der Waals surface area contributed by atoms with Crippen molar-refractivity contribution in [2.45, 2.75) is 19.1 Å². The molecule has 7 nitrogen and oxygen atoms in total. The summed E-state index contributed by atoms with van der Waals surface area (Å²) < 4.78 is 4.74. The summed E-state index contributed by atoms with van der Waals surface area (Å²) in [5.74, 6) is -3.33. The van der Waals surface area contributed by atoms with Crippen LogP contribution in [0.1, 0.15) is 12.0 Å². The van der Waals surface area contributed by atoms with E-state index in [0.29, 0.717) is 5.56 Å². The van der Waals surface area contributed by atoms with Crippen molar-refractivity contribution in [1.82, 2.24) is 5.32 Å². The zero-order valence-electron chi connectivity index (χ0n) is 11.8. The maximum atomic E-state index is 11.3. The number of carboxylic acids is 2. The number of hydrogen-bond donors (Lipinski definition) is 1. The van der Waals surface area contributed by atoms with Crippen LogP contribution in [-0.4, -0.2) is 24.1 Å². The van der Waals surface area contributed by atoms with Gasteiger partial charge in [0.15, 0.2) is 0 Å². The normalized spacial score (nSPS) is 10.3. The van der Waals surface area contributed by atoms with Gasteiger partial charge in [-0.1, -0.05) is 30.3 Å². The Hall–Kier alpha value is -0.570. The molecule has 0 saturated heterocycles. The molecule has 102 valence electrons. The number of rotatable bonds is 6. The number of alkyl carbamates (subject to hydrolysis) is 1. The molecule has 0 unspecified atom stereocenters. The SMILES string of the molecule is O=C([O-])C[C@H](NC(=O)OCc1ccccc1)C(=O)[O-].[Na+].[Na+]. The Kier molecular flexibility index (Phi) is 13.0. The average Bonchev–Trinajstić information content (AvgIpc) is 2.36. The third-order valence-corrected chi connectivity index (χ3v) is 2.16. The molecule has 0 fully saturated rings. The predicted molar refractivity (Wildman–Crippen MR) is 58.2 cm³/mol. The number of ether oxygens (including phenoxy) is 1. The van der Waals surface area contributed by atoms with Gasteiger partial charge >= 0.3 is 65.2 Å². The first-order valence-corrected chi connectivity index (χ1v) is 5.37. The summed E-state index contributed by atoms with van der Waals surface area (Å²) >= 11 is 0. The number of carbonyl (C=O) groups is 3. The molecule has 0 spiro atoms. The molecule has 0 heterocycles. The number of amides is 1. The molecule has 0 aliphatic carbocycles. The summed E-state index contributed by atoms with van der Waals surface area (Å²) in [6, 6.07) is 7.02. The van der Waals surface area contributed by atoms with Gasteiger partial charge in [0.25, 0.3) is 0 Å². The Bertz CT molecular complexity index is 468. The van der Waals surface area contributed by atoms with E-state index >= 15 is 0 Å². The van der Waals surface area contributed by atoms with Crippen LogP contribution in [0.4, 0.5) is 4.79 Å². The Balaban J connectivity index is 0. The van der Waals surface area contributed by atoms with Gasteiger partial charge in [-0.15, -0.1) is 0 Å². The van der Waals surface area contributed by atoms with Crippen LogP contribution in [0.2, 0.25) is 0 Å². The van der Waals surface area contributed by atoms with Crippen LogP contribution in [0.3, 0.4) is 0 Å². The molecule has 1 atom stereocenters. The van der Waals surface area contributed by atoms with Gasteiger partial charge in [0.05, 0.1) is 12.0 Å². The van der Waals surface area contributed by atoms with E-state index in [1.54, 1.807) is 30.3 Å². The van der Waals surface area contributed by atoms with Crippen LogP contribution in [0.5, 0.6) is 0 Å². The van der Waals surface area contributed by atoms with Gasteiger partial charge in [-0.2, -0.15) is 0 Å². The van der Waals surface area contributed by atoms with Crippen LogP contribution in [0.25, 0.3) is 0 Å². The van der Waals surface area contributed by atoms with Gasteiger partial charge in [-0.25, -0.2) is 4.79 Å². The zero-order valence-corrected chi connectivity index (χ0v) is 15.8. The fourth-order valence-corrected chi connectivity index (χ4v) is 1.27. The van der Waals surface area contributed by atoms with Crippen LogP contribution in [0, 0.1) is 0 Å². The Morgan fingerprint density at radius 2 is 1.67 bits per heavy atom. The van der Waals surface area contributed by atoms with Crippen LogP contribution in [0.15, 0.2) is 30.3 Å². The standard InChI is InChI=1S/C12H13NO6.2Na/c14-10(15)6-9(11(16)17)13-12(18)19-7-8-4-2-1-3-5-8;;/h1-5,9H,6-7H2,(H,13,18)(H,14,15)(H,16,17);;/q;2*+1/p-2/t9-;;/m0../s1. The number of hydrogen-bond acceptors (Lipinski definition) is 6. The summed E-state index contributed by atoms with van der Waals surface area (Å²) in [7, 11) is 0. The maximum Gasteiger partial charge on any atom is 1.00 e. The minimum atomic E-state index is -1.72. The first-order chi connectivity index (χ1) is 8.99. The largest absolute Gasteiger partial charge is 1.00 e. The number of carboxylic acid groups (broad SMARTS) is 2. The van der Waals surface area contributed by atoms with Gasteiger partial charge in [0, 0.05) is 12.4 Å². The van der Waals surface area contributed by atoms with Crippen molar-refractivity contribution >= 4 is 18.0 Å². The van der Waals surface area contributed by atoms with Crippen molar-refractivity contribution in [2.75, 3.05) is 0 Å². The number of nitrogens with one attached hydrogen (secondary N) is 1. The Morgan fingerprint density at radius 3 is 2.14 bits per heavy atom. The Labute approximate surface area is 165 Å². The van der Waals surface area contributed by atoms with Gasteiger partial charge in [0.1, 0.15) is 6.61 Å². The van der Waals surface area contributed by atoms with E-state index in [9.17, 15) is 24.6 Å². The predicted octanol–water partition coefficient (Wildman–Crippen LogP) is -7.82. The van der Waals surface area contributed by atoms with Gasteiger partial charge < -0.3 is 29.9 Å². The van der Waals surface area contributed by atoms with E-state index in [1.807, 2.05) is 5.32 Å². The van der Waals surface area contributed by atoms with E-state index in [4.69, 9.17) is 4.74 Å². The van der Waals surface area contributed by atoms with Crippen molar-refractivity contribution < 1.29 is 88.4 Å². The molecule has 21 heavy (non-hydrogen) atoms. The van der Waals surface area contributed by atoms with Gasteiger partial charge in [0.2, 0.25) is 0 Å². The summed E-state index contributed by atoms with van der Waals surface area (Å²) in [5, 5.41) is 22.7. The second kappa shape index (κ2) is 12.0. The van der Waals surface area contributed by atoms with Gasteiger partial charge in [-0.05, 0) is 5.56 Å². The molecule has 0 aliphatic heterocycles. The Morgan fingerprint density at radius 1 is 1.10 bits per heavy atom. The third-order valence-electron chi connectivity index (χ3n) is 2.16. The molecule has 1 rings (SSSR count). The number of carbonyl (C=O) groups excluding carboxylic acids is 3. The van der Waals surface area contributed by atoms with E-state index < -0.39 is 30.5 Å². The molecule has 9 heteroatoms. The summed E-state index contributed by atoms with van der Waals surface area (Å²) in [6.07, 6.45) is -1.93. The van der Waals surface area contributed by atoms with Crippen molar-refractivity contribution in [3.63, 3.8) is 0 Å². The minimum Gasteiger partial charge on any atom is -0.550 e. The maximum absolute atomic E-state index is 11.3. The molecule has 1 N–H and O–H groups in total. The van der Waals surface area contributed by atoms with Crippen LogP contribution >= 0.6 is 0 Å². The summed E-state index contributed by atoms with van der Waals surface area (Å²) in [6.45, 7) is -0.0578. The molecule has 1 aromatic carbocycles. The van der Waals surface area contributed by atoms with E-state index in [2.05, 4.69) is 0 Å². The third kappa shape index (κ3) is 9.89. The number of benzene rings is 1. The molecular weight excluding hydrogens is 300 g/mol. The molecule has 0 bridgehead atoms. The second-order valence-electron chi connectivity index (χ2n) is 3.65. The van der Waals surface area contributed by atoms with Crippen molar-refractivity contribution in [3.05, 3.63) is 35.9 Å². The van der Waals surface area contributed by atoms with Crippen molar-refractivity contribution in [1.29, 1.82) is 0 Å². The van der Waals surface area contributed by atoms with E-state index in [-0.39, 0.29) is 65.7 Å². The average molecular weight is 311 g/mol. The van der Waals surface area contributed by atoms with Crippen molar-refractivity contribution in [3.8, 4) is 0 Å². The summed E-state index contributed by atoms with van der Waals surface area (Å²) in [5.41, 5.74) is 0.711. The molecule has 0 aliphatic rings. The smallest absolute Gasteiger partial charge is 0.550 e. The van der Waals surface area contributed by atoms with Crippen LogP contribution in [-0.2, 0) is 20.9 Å². The second-order valence-corrected chi connectivity index (χ2v) is 3.65. The quantitative estimate of drug-likeness (QED) is 0.521. The molecule has 1 amide bonds. The first kappa shape index (κ1) is 22.7. The van der Waals surface area contributed by atoms with Crippen molar-refractivity contribution in [2.24, 2.45) is 0 Å². The fourth-order valence-electron chi connectivity index (χ4n) is 1.27. The topological polar surface area (TPSA) is 119 Å². The summed E-state index contributed by atoms with van der Waals surface area (Å²) in [4.78, 5) is 32.1. The molecular formula is C12H11NNa2O6. The van der Waals surface area contributed by atoms with E-state index in [0.717, 1.165) is 0 Å². The fraction of sp³-hybridized carbons (Fsp3) is 0.250. The molecule has 0 aromatic heterocycles. The first-order valence-electron chi connectivity index (χ1n) is 5.37. The minimum absolute atomic E-state index is 0. The van der Waals surface area contributed by atoms with Gasteiger partial charge in [-0.3, -0.25) is 0 Å². The number of aliphatic carboxylic acids is 2. The molecule has 0 saturated carbocycles. The zero-order chi connectivity index (χ0) is 14.3. The molecule has 1 aromatic rings. The van der Waals surface area contributed by atoms with Crippen LogP contribution < -0.4 is 74.6 Å².